The van der Waals surface area contributed by atoms with Crippen molar-refractivity contribution in [3.8, 4) is 22.6 Å². The molecule has 0 radical (unpaired) electrons. The summed E-state index contributed by atoms with van der Waals surface area (Å²) in [4.78, 5) is 37.8. The van der Waals surface area contributed by atoms with Crippen LogP contribution in [0.25, 0.3) is 11.1 Å². The van der Waals surface area contributed by atoms with Gasteiger partial charge in [0.25, 0.3) is 0 Å². The Morgan fingerprint density at radius 1 is 0.759 bits per heavy atom. The summed E-state index contributed by atoms with van der Waals surface area (Å²) >= 11 is 0. The van der Waals surface area contributed by atoms with Crippen LogP contribution in [0.1, 0.15) is 58.2 Å². The molecule has 0 atom stereocenters. The Kier molecular flexibility index (Phi) is 7.33. The van der Waals surface area contributed by atoms with Gasteiger partial charge in [0.1, 0.15) is 0 Å². The first-order valence-electron chi connectivity index (χ1n) is 9.22. The molecule has 6 nitrogen and oxygen atoms in total. The van der Waals surface area contributed by atoms with Crippen LogP contribution in [0.2, 0.25) is 0 Å². The number of rotatable bonds is 5. The van der Waals surface area contributed by atoms with Crippen LogP contribution in [0, 0.1) is 6.92 Å². The highest BCUT2D eigenvalue weighted by Gasteiger charge is 2.30. The Morgan fingerprint density at radius 3 is 1.66 bits per heavy atom. The van der Waals surface area contributed by atoms with Gasteiger partial charge < -0.3 is 28.6 Å². The van der Waals surface area contributed by atoms with Gasteiger partial charge in [0.2, 0.25) is 0 Å². The molecule has 2 aromatic rings. The Hall–Kier alpha value is -1.26. The van der Waals surface area contributed by atoms with Crippen molar-refractivity contribution < 1.29 is 28.6 Å². The molecule has 0 amide bonds. The van der Waals surface area contributed by atoms with Gasteiger partial charge in [-0.15, -0.1) is 0 Å². The van der Waals surface area contributed by atoms with Crippen LogP contribution in [0.3, 0.4) is 0 Å². The summed E-state index contributed by atoms with van der Waals surface area (Å²) in [6, 6.07) is 9.27. The molecule has 0 aliphatic carbocycles. The van der Waals surface area contributed by atoms with E-state index in [2.05, 4.69) is 60.6 Å². The monoisotopic (exact) mass is 440 g/mol. The summed E-state index contributed by atoms with van der Waals surface area (Å²) in [5.41, 5.74) is 4.36. The van der Waals surface area contributed by atoms with E-state index >= 15 is 0 Å². The largest absolute Gasteiger partial charge is 0.423 e. The van der Waals surface area contributed by atoms with Gasteiger partial charge in [-0.05, 0) is 40.5 Å². The lowest BCUT2D eigenvalue weighted by Gasteiger charge is -2.32. The van der Waals surface area contributed by atoms with Crippen molar-refractivity contribution in [2.24, 2.45) is 0 Å². The average Bonchev–Trinajstić information content (AvgIpc) is 2.53. The molecule has 2 aromatic carbocycles. The number of hydrogen-bond donors (Lipinski definition) is 4. The van der Waals surface area contributed by atoms with Crippen molar-refractivity contribution in [3.05, 3.63) is 47.0 Å². The molecular weight excluding hydrogens is 410 g/mol. The van der Waals surface area contributed by atoms with Gasteiger partial charge in [0, 0.05) is 5.56 Å². The predicted octanol–water partition coefficient (Wildman–Crippen LogP) is 5.44. The van der Waals surface area contributed by atoms with E-state index < -0.39 is 17.2 Å². The summed E-state index contributed by atoms with van der Waals surface area (Å²) in [5.74, 6) is 0.105. The molecule has 0 aliphatic rings. The van der Waals surface area contributed by atoms with Crippen molar-refractivity contribution in [3.63, 3.8) is 0 Å². The molecule has 0 aliphatic heterocycles. The third-order valence-corrected chi connectivity index (χ3v) is 5.21. The van der Waals surface area contributed by atoms with E-state index in [-0.39, 0.29) is 22.3 Å². The molecule has 0 unspecified atom stereocenters. The zero-order valence-electron chi connectivity index (χ0n) is 17.9. The van der Waals surface area contributed by atoms with Crippen LogP contribution < -0.4 is 9.05 Å². The number of aryl methyl sites for hydroxylation is 1. The summed E-state index contributed by atoms with van der Waals surface area (Å²) in [7, 11) is -5.44. The second-order valence-electron chi connectivity index (χ2n) is 9.06. The zero-order chi connectivity index (χ0) is 22.1. The second kappa shape index (κ2) is 8.85. The van der Waals surface area contributed by atoms with Crippen LogP contribution in [0.4, 0.5) is 0 Å². The van der Waals surface area contributed by atoms with Crippen molar-refractivity contribution in [2.75, 3.05) is 0 Å². The topological polar surface area (TPSA) is 99.4 Å². The maximum atomic E-state index is 9.56. The highest BCUT2D eigenvalue weighted by molar-refractivity contribution is 7.40. The standard InChI is InChI=1S/C21H30O6P2/c1-13-11-15(20(2,3)4)18(16(12-13)21(5,6)7)14-9-8-10-17(26-28(22)23)19(14)27-29(24)25/h8-12,22-25H,1-7H3. The van der Waals surface area contributed by atoms with E-state index in [9.17, 15) is 19.6 Å². The van der Waals surface area contributed by atoms with E-state index in [0.717, 1.165) is 22.3 Å². The van der Waals surface area contributed by atoms with E-state index in [1.165, 1.54) is 6.07 Å². The normalized spacial score (nSPS) is 12.6. The molecule has 0 heterocycles. The number of hydrogen-bond acceptors (Lipinski definition) is 6. The van der Waals surface area contributed by atoms with Gasteiger partial charge in [-0.25, -0.2) is 0 Å². The minimum atomic E-state index is -2.74. The molecule has 0 spiro atoms. The lowest BCUT2D eigenvalue weighted by molar-refractivity contribution is 0.349. The molecule has 2 rings (SSSR count). The minimum absolute atomic E-state index is 0.0366. The van der Waals surface area contributed by atoms with Gasteiger partial charge in [-0.2, -0.15) is 0 Å². The van der Waals surface area contributed by atoms with Crippen LogP contribution in [-0.2, 0) is 10.8 Å². The maximum absolute atomic E-state index is 9.56. The summed E-state index contributed by atoms with van der Waals surface area (Å²) < 4.78 is 10.5. The van der Waals surface area contributed by atoms with Gasteiger partial charge in [0.05, 0.1) is 0 Å². The van der Waals surface area contributed by atoms with Crippen LogP contribution in [0.5, 0.6) is 11.5 Å². The smallest absolute Gasteiger partial charge is 0.391 e. The Balaban J connectivity index is 2.96. The highest BCUT2D eigenvalue weighted by atomic mass is 31.2. The fourth-order valence-electron chi connectivity index (χ4n) is 3.31. The van der Waals surface area contributed by atoms with Crippen molar-refractivity contribution in [2.45, 2.75) is 59.3 Å². The van der Waals surface area contributed by atoms with E-state index in [1.807, 2.05) is 6.07 Å². The predicted molar refractivity (Wildman–Crippen MR) is 118 cm³/mol. The lowest BCUT2D eigenvalue weighted by Crippen LogP contribution is -2.20. The molecule has 0 saturated heterocycles. The summed E-state index contributed by atoms with van der Waals surface area (Å²) in [6.45, 7) is 14.7. The average molecular weight is 440 g/mol. The van der Waals surface area contributed by atoms with Gasteiger partial charge in [0.15, 0.2) is 11.5 Å². The molecule has 0 saturated carbocycles. The number of benzene rings is 2. The van der Waals surface area contributed by atoms with E-state index in [4.69, 9.17) is 9.05 Å². The zero-order valence-corrected chi connectivity index (χ0v) is 19.7. The fraction of sp³-hybridized carbons (Fsp3) is 0.429. The van der Waals surface area contributed by atoms with Gasteiger partial charge in [-0.1, -0.05) is 71.4 Å². The quantitative estimate of drug-likeness (QED) is 0.462. The third kappa shape index (κ3) is 5.88. The Labute approximate surface area is 175 Å². The first-order chi connectivity index (χ1) is 13.2. The molecule has 4 N–H and O–H groups in total. The van der Waals surface area contributed by atoms with Gasteiger partial charge >= 0.3 is 17.2 Å². The third-order valence-electron chi connectivity index (χ3n) is 4.50. The molecule has 29 heavy (non-hydrogen) atoms. The molecule has 0 fully saturated rings. The Bertz CT molecular complexity index is 831. The molecule has 8 heteroatoms. The van der Waals surface area contributed by atoms with Crippen molar-refractivity contribution in [1.29, 1.82) is 0 Å². The minimum Gasteiger partial charge on any atom is -0.423 e. The SMILES string of the molecule is Cc1cc(C(C)(C)C)c(-c2cccc(OP(O)O)c2OP(O)O)c(C(C)(C)C)c1. The van der Waals surface area contributed by atoms with Crippen LogP contribution in [-0.4, -0.2) is 19.6 Å². The van der Waals surface area contributed by atoms with E-state index in [1.54, 1.807) is 6.07 Å². The molecular formula is C21H30O6P2. The van der Waals surface area contributed by atoms with Crippen LogP contribution >= 0.6 is 17.2 Å². The van der Waals surface area contributed by atoms with Crippen LogP contribution in [0.15, 0.2) is 30.3 Å². The fourth-order valence-corrected chi connectivity index (χ4v) is 3.98. The molecule has 0 bridgehead atoms. The summed E-state index contributed by atoms with van der Waals surface area (Å²) in [5, 5.41) is 0. The van der Waals surface area contributed by atoms with Crippen molar-refractivity contribution >= 4 is 17.2 Å². The Morgan fingerprint density at radius 2 is 1.24 bits per heavy atom. The van der Waals surface area contributed by atoms with E-state index in [0.29, 0.717) is 5.56 Å². The van der Waals surface area contributed by atoms with Crippen molar-refractivity contribution in [1.82, 2.24) is 0 Å². The second-order valence-corrected chi connectivity index (χ2v) is 10.4. The highest BCUT2D eigenvalue weighted by Crippen LogP contribution is 2.51. The molecule has 0 aromatic heterocycles. The number of para-hydroxylation sites is 1. The lowest BCUT2D eigenvalue weighted by atomic mass is 9.73. The molecule has 160 valence electrons. The van der Waals surface area contributed by atoms with Gasteiger partial charge in [-0.3, -0.25) is 0 Å². The summed E-state index contributed by atoms with van der Waals surface area (Å²) in [6.07, 6.45) is 0. The first kappa shape index (κ1) is 24.0. The maximum Gasteiger partial charge on any atom is 0.391 e. The first-order valence-corrected chi connectivity index (χ1v) is 11.6.